The van der Waals surface area contributed by atoms with E-state index < -0.39 is 12.1 Å². The fraction of sp³-hybridized carbons (Fsp3) is 0.300. The van der Waals surface area contributed by atoms with E-state index in [1.165, 1.54) is 6.07 Å². The number of rotatable bonds is 7. The smallest absolute Gasteiger partial charge is 0.335 e. The van der Waals surface area contributed by atoms with E-state index in [0.29, 0.717) is 35.8 Å². The second kappa shape index (κ2) is 7.67. The first-order valence-electron chi connectivity index (χ1n) is 8.57. The van der Waals surface area contributed by atoms with Crippen molar-refractivity contribution in [3.8, 4) is 11.5 Å². The van der Waals surface area contributed by atoms with Gasteiger partial charge in [-0.3, -0.25) is 0 Å². The van der Waals surface area contributed by atoms with Crippen molar-refractivity contribution in [3.63, 3.8) is 0 Å². The Hall–Kier alpha value is -3.06. The number of nitrogens with zero attached hydrogens (tertiary/aromatic N) is 2. The molecule has 7 heteroatoms. The number of aromatic carboxylic acids is 1. The molecule has 0 aliphatic heterocycles. The van der Waals surface area contributed by atoms with Gasteiger partial charge in [0.25, 0.3) is 0 Å². The fourth-order valence-electron chi connectivity index (χ4n) is 3.11. The standard InChI is InChI=1S/C20H22N2O5/c1-12(23)19-21-15-11-14(20(24)25)5-6-16(15)22(19)9-8-13-4-7-17(26-2)18(10-13)27-3/h4-7,10-12,23H,8-9H2,1-3H3,(H,24,25). The fourth-order valence-corrected chi connectivity index (χ4v) is 3.11. The highest BCUT2D eigenvalue weighted by Gasteiger charge is 2.16. The van der Waals surface area contributed by atoms with E-state index in [2.05, 4.69) is 4.98 Å². The quantitative estimate of drug-likeness (QED) is 0.664. The summed E-state index contributed by atoms with van der Waals surface area (Å²) in [6.45, 7) is 2.23. The van der Waals surface area contributed by atoms with Crippen molar-refractivity contribution in [1.82, 2.24) is 9.55 Å². The topological polar surface area (TPSA) is 93.8 Å². The lowest BCUT2D eigenvalue weighted by atomic mass is 10.1. The molecule has 1 atom stereocenters. The van der Waals surface area contributed by atoms with Crippen molar-refractivity contribution >= 4 is 17.0 Å². The Balaban J connectivity index is 1.94. The highest BCUT2D eigenvalue weighted by atomic mass is 16.5. The predicted octanol–water partition coefficient (Wildman–Crippen LogP) is 3.05. The number of methoxy groups -OCH3 is 2. The molecule has 0 bridgehead atoms. The molecule has 0 radical (unpaired) electrons. The first kappa shape index (κ1) is 18.7. The molecule has 3 rings (SSSR count). The van der Waals surface area contributed by atoms with E-state index in [1.54, 1.807) is 33.3 Å². The van der Waals surface area contributed by atoms with E-state index in [0.717, 1.165) is 11.1 Å². The molecule has 0 fully saturated rings. The number of benzene rings is 2. The number of hydrogen-bond acceptors (Lipinski definition) is 5. The van der Waals surface area contributed by atoms with Gasteiger partial charge in [0.05, 0.1) is 30.8 Å². The van der Waals surface area contributed by atoms with Crippen LogP contribution >= 0.6 is 0 Å². The van der Waals surface area contributed by atoms with Gasteiger partial charge in [-0.2, -0.15) is 0 Å². The van der Waals surface area contributed by atoms with Gasteiger partial charge in [-0.15, -0.1) is 0 Å². The summed E-state index contributed by atoms with van der Waals surface area (Å²) in [6, 6.07) is 10.5. The summed E-state index contributed by atoms with van der Waals surface area (Å²) in [7, 11) is 3.19. The van der Waals surface area contributed by atoms with E-state index >= 15 is 0 Å². The molecule has 142 valence electrons. The second-order valence-corrected chi connectivity index (χ2v) is 6.25. The summed E-state index contributed by atoms with van der Waals surface area (Å²) in [5.41, 5.74) is 2.56. The number of ether oxygens (including phenoxy) is 2. The van der Waals surface area contributed by atoms with Crippen LogP contribution in [0.15, 0.2) is 36.4 Å². The summed E-state index contributed by atoms with van der Waals surface area (Å²) >= 11 is 0. The zero-order valence-corrected chi connectivity index (χ0v) is 15.5. The third-order valence-electron chi connectivity index (χ3n) is 4.47. The molecule has 0 aliphatic carbocycles. The number of aryl methyl sites for hydroxylation is 2. The van der Waals surface area contributed by atoms with E-state index in [4.69, 9.17) is 14.6 Å². The molecule has 3 aromatic rings. The molecule has 2 aromatic carbocycles. The van der Waals surface area contributed by atoms with Crippen molar-refractivity contribution in [2.75, 3.05) is 14.2 Å². The highest BCUT2D eigenvalue weighted by Crippen LogP contribution is 2.28. The Bertz CT molecular complexity index is 978. The molecule has 1 unspecified atom stereocenters. The molecule has 0 saturated heterocycles. The Morgan fingerprint density at radius 3 is 2.52 bits per heavy atom. The number of carboxylic acids is 1. The number of aliphatic hydroxyl groups excluding tert-OH is 1. The van der Waals surface area contributed by atoms with Crippen molar-refractivity contribution in [2.45, 2.75) is 26.0 Å². The van der Waals surface area contributed by atoms with Crippen LogP contribution in [0.5, 0.6) is 11.5 Å². The summed E-state index contributed by atoms with van der Waals surface area (Å²) in [5, 5.41) is 19.3. The molecule has 0 saturated carbocycles. The van der Waals surface area contributed by atoms with Gasteiger partial charge in [0, 0.05) is 6.54 Å². The molecule has 0 spiro atoms. The minimum atomic E-state index is -1.00. The Morgan fingerprint density at radius 2 is 1.89 bits per heavy atom. The van der Waals surface area contributed by atoms with Crippen LogP contribution in [0.1, 0.15) is 34.8 Å². The first-order valence-corrected chi connectivity index (χ1v) is 8.57. The highest BCUT2D eigenvalue weighted by molar-refractivity contribution is 5.92. The summed E-state index contributed by atoms with van der Waals surface area (Å²) < 4.78 is 12.5. The van der Waals surface area contributed by atoms with Gasteiger partial charge in [-0.25, -0.2) is 9.78 Å². The first-order chi connectivity index (χ1) is 12.9. The number of aromatic nitrogens is 2. The minimum absolute atomic E-state index is 0.171. The predicted molar refractivity (Wildman–Crippen MR) is 101 cm³/mol. The molecule has 0 amide bonds. The SMILES string of the molecule is COc1ccc(CCn2c(C(C)O)nc3cc(C(=O)O)ccc32)cc1OC. The maximum absolute atomic E-state index is 11.2. The number of fused-ring (bicyclic) bond motifs is 1. The Labute approximate surface area is 156 Å². The molecule has 1 aromatic heterocycles. The van der Waals surface area contributed by atoms with Crippen LogP contribution in [-0.2, 0) is 13.0 Å². The van der Waals surface area contributed by atoms with Gasteiger partial charge in [0.2, 0.25) is 0 Å². The lowest BCUT2D eigenvalue weighted by Gasteiger charge is -2.13. The second-order valence-electron chi connectivity index (χ2n) is 6.25. The van der Waals surface area contributed by atoms with Gasteiger partial charge in [-0.1, -0.05) is 6.07 Å². The molecule has 1 heterocycles. The van der Waals surface area contributed by atoms with Crippen LogP contribution in [0.4, 0.5) is 0 Å². The normalized spacial score (nSPS) is 12.1. The third kappa shape index (κ3) is 3.73. The molecular formula is C20H22N2O5. The van der Waals surface area contributed by atoms with Gasteiger partial charge < -0.3 is 24.3 Å². The van der Waals surface area contributed by atoms with E-state index in [9.17, 15) is 9.90 Å². The summed E-state index contributed by atoms with van der Waals surface area (Å²) in [6.07, 6.45) is -0.0808. The summed E-state index contributed by atoms with van der Waals surface area (Å²) in [4.78, 5) is 15.6. The summed E-state index contributed by atoms with van der Waals surface area (Å²) in [5.74, 6) is 0.830. The van der Waals surface area contributed by atoms with Crippen LogP contribution in [0.2, 0.25) is 0 Å². The van der Waals surface area contributed by atoms with Gasteiger partial charge >= 0.3 is 5.97 Å². The van der Waals surface area contributed by atoms with E-state index in [1.807, 2.05) is 22.8 Å². The number of carbonyl (C=O) groups is 1. The van der Waals surface area contributed by atoms with Gasteiger partial charge in [0.1, 0.15) is 11.9 Å². The zero-order valence-electron chi connectivity index (χ0n) is 15.5. The van der Waals surface area contributed by atoms with Crippen LogP contribution in [0.3, 0.4) is 0 Å². The Kier molecular flexibility index (Phi) is 5.32. The average Bonchev–Trinajstić information content (AvgIpc) is 3.04. The van der Waals surface area contributed by atoms with Gasteiger partial charge in [-0.05, 0) is 49.2 Å². The molecule has 27 heavy (non-hydrogen) atoms. The van der Waals surface area contributed by atoms with Crippen molar-refractivity contribution in [2.24, 2.45) is 0 Å². The number of aliphatic hydroxyl groups is 1. The average molecular weight is 370 g/mol. The molecule has 7 nitrogen and oxygen atoms in total. The lowest BCUT2D eigenvalue weighted by Crippen LogP contribution is -2.09. The maximum atomic E-state index is 11.2. The van der Waals surface area contributed by atoms with Crippen LogP contribution < -0.4 is 9.47 Å². The zero-order chi connectivity index (χ0) is 19.6. The largest absolute Gasteiger partial charge is 0.493 e. The van der Waals surface area contributed by atoms with Crippen molar-refractivity contribution < 1.29 is 24.5 Å². The molecule has 2 N–H and O–H groups in total. The number of hydrogen-bond donors (Lipinski definition) is 2. The van der Waals surface area contributed by atoms with Crippen LogP contribution in [0.25, 0.3) is 11.0 Å². The van der Waals surface area contributed by atoms with Crippen LogP contribution in [-0.4, -0.2) is 40.0 Å². The van der Waals surface area contributed by atoms with Crippen LogP contribution in [0, 0.1) is 0 Å². The van der Waals surface area contributed by atoms with Crippen molar-refractivity contribution in [3.05, 3.63) is 53.3 Å². The Morgan fingerprint density at radius 1 is 1.15 bits per heavy atom. The van der Waals surface area contributed by atoms with Crippen molar-refractivity contribution in [1.29, 1.82) is 0 Å². The number of imidazole rings is 1. The lowest BCUT2D eigenvalue weighted by molar-refractivity contribution is 0.0697. The van der Waals surface area contributed by atoms with E-state index in [-0.39, 0.29) is 5.56 Å². The maximum Gasteiger partial charge on any atom is 0.335 e. The number of carboxylic acid groups (broad SMARTS) is 1. The molecular weight excluding hydrogens is 348 g/mol. The monoisotopic (exact) mass is 370 g/mol. The molecule has 0 aliphatic rings. The van der Waals surface area contributed by atoms with Gasteiger partial charge in [0.15, 0.2) is 11.5 Å². The minimum Gasteiger partial charge on any atom is -0.493 e. The third-order valence-corrected chi connectivity index (χ3v) is 4.47.